The SMILES string of the molecule is CC1CCCCC2SC(C)C(C)C12. The van der Waals surface area contributed by atoms with Crippen LogP contribution in [0.2, 0.25) is 0 Å². The summed E-state index contributed by atoms with van der Waals surface area (Å²) in [7, 11) is 0. The summed E-state index contributed by atoms with van der Waals surface area (Å²) in [6.07, 6.45) is 5.95. The molecule has 2 rings (SSSR count). The zero-order valence-electron chi connectivity index (χ0n) is 9.12. The lowest BCUT2D eigenvalue weighted by Gasteiger charge is -2.25. The number of fused-ring (bicyclic) bond motifs is 1. The lowest BCUT2D eigenvalue weighted by Crippen LogP contribution is -2.24. The smallest absolute Gasteiger partial charge is 0.00835 e. The maximum Gasteiger partial charge on any atom is 0.00835 e. The Morgan fingerprint density at radius 1 is 1.00 bits per heavy atom. The van der Waals surface area contributed by atoms with Crippen LogP contribution in [0.5, 0.6) is 0 Å². The highest BCUT2D eigenvalue weighted by Crippen LogP contribution is 2.50. The molecule has 1 heterocycles. The van der Waals surface area contributed by atoms with E-state index in [-0.39, 0.29) is 0 Å². The van der Waals surface area contributed by atoms with Crippen LogP contribution in [0.15, 0.2) is 0 Å². The Morgan fingerprint density at radius 2 is 1.69 bits per heavy atom. The average Bonchev–Trinajstić information content (AvgIpc) is 2.29. The van der Waals surface area contributed by atoms with Crippen LogP contribution in [0.25, 0.3) is 0 Å². The fraction of sp³-hybridized carbons (Fsp3) is 1.00. The van der Waals surface area contributed by atoms with E-state index in [1.54, 1.807) is 0 Å². The summed E-state index contributed by atoms with van der Waals surface area (Å²) in [5, 5.41) is 1.91. The third-order valence-corrected chi connectivity index (χ3v) is 5.98. The molecular weight excluding hydrogens is 176 g/mol. The van der Waals surface area contributed by atoms with Crippen molar-refractivity contribution in [2.75, 3.05) is 0 Å². The van der Waals surface area contributed by atoms with Gasteiger partial charge >= 0.3 is 0 Å². The van der Waals surface area contributed by atoms with Gasteiger partial charge in [0.15, 0.2) is 0 Å². The second kappa shape index (κ2) is 3.84. The minimum Gasteiger partial charge on any atom is -0.155 e. The third-order valence-electron chi connectivity index (χ3n) is 4.22. The highest BCUT2D eigenvalue weighted by molar-refractivity contribution is 8.00. The van der Waals surface area contributed by atoms with Crippen molar-refractivity contribution < 1.29 is 0 Å². The van der Waals surface area contributed by atoms with Crippen LogP contribution in [-0.2, 0) is 0 Å². The average molecular weight is 198 g/mol. The van der Waals surface area contributed by atoms with E-state index in [0.717, 1.165) is 28.3 Å². The molecule has 76 valence electrons. The van der Waals surface area contributed by atoms with Gasteiger partial charge in [-0.25, -0.2) is 0 Å². The van der Waals surface area contributed by atoms with E-state index >= 15 is 0 Å². The molecule has 1 aliphatic carbocycles. The van der Waals surface area contributed by atoms with Gasteiger partial charge in [0.25, 0.3) is 0 Å². The maximum absolute atomic E-state index is 2.48. The Hall–Kier alpha value is 0.350. The second-order valence-corrected chi connectivity index (χ2v) is 6.70. The second-order valence-electron chi connectivity index (χ2n) is 5.08. The van der Waals surface area contributed by atoms with Gasteiger partial charge in [0.05, 0.1) is 0 Å². The van der Waals surface area contributed by atoms with Gasteiger partial charge in [-0.05, 0) is 24.2 Å². The Labute approximate surface area is 86.9 Å². The molecule has 0 nitrogen and oxygen atoms in total. The van der Waals surface area contributed by atoms with Crippen molar-refractivity contribution in [1.29, 1.82) is 0 Å². The molecule has 5 atom stereocenters. The van der Waals surface area contributed by atoms with Crippen molar-refractivity contribution >= 4 is 11.8 Å². The van der Waals surface area contributed by atoms with Crippen molar-refractivity contribution in [3.8, 4) is 0 Å². The van der Waals surface area contributed by atoms with E-state index in [2.05, 4.69) is 32.5 Å². The van der Waals surface area contributed by atoms with E-state index in [9.17, 15) is 0 Å². The van der Waals surface area contributed by atoms with Crippen LogP contribution < -0.4 is 0 Å². The quantitative estimate of drug-likeness (QED) is 0.568. The van der Waals surface area contributed by atoms with Crippen LogP contribution in [0, 0.1) is 17.8 Å². The molecule has 0 aromatic carbocycles. The van der Waals surface area contributed by atoms with Crippen molar-refractivity contribution in [2.24, 2.45) is 17.8 Å². The first kappa shape index (κ1) is 9.89. The summed E-state index contributed by atoms with van der Waals surface area (Å²) >= 11 is 2.27. The van der Waals surface area contributed by atoms with Gasteiger partial charge in [-0.1, -0.05) is 40.0 Å². The Morgan fingerprint density at radius 3 is 2.46 bits per heavy atom. The third kappa shape index (κ3) is 1.77. The van der Waals surface area contributed by atoms with E-state index in [1.807, 2.05) is 0 Å². The summed E-state index contributed by atoms with van der Waals surface area (Å²) in [6, 6.07) is 0. The topological polar surface area (TPSA) is 0 Å². The lowest BCUT2D eigenvalue weighted by molar-refractivity contribution is 0.265. The Bertz CT molecular complexity index is 178. The van der Waals surface area contributed by atoms with E-state index in [1.165, 1.54) is 25.7 Å². The predicted octanol–water partition coefficient (Wildman–Crippen LogP) is 3.95. The largest absolute Gasteiger partial charge is 0.155 e. The van der Waals surface area contributed by atoms with Gasteiger partial charge in [-0.15, -0.1) is 0 Å². The minimum atomic E-state index is 0.913. The van der Waals surface area contributed by atoms with Crippen LogP contribution >= 0.6 is 11.8 Å². The molecule has 0 N–H and O–H groups in total. The molecule has 1 aliphatic heterocycles. The number of rotatable bonds is 0. The van der Waals surface area contributed by atoms with E-state index in [4.69, 9.17) is 0 Å². The molecule has 0 radical (unpaired) electrons. The lowest BCUT2D eigenvalue weighted by atomic mass is 9.79. The first-order valence-electron chi connectivity index (χ1n) is 5.85. The standard InChI is InChI=1S/C12H22S/c1-8-6-4-5-7-11-12(8)9(2)10(3)13-11/h8-12H,4-7H2,1-3H3. The van der Waals surface area contributed by atoms with Gasteiger partial charge in [0.1, 0.15) is 0 Å². The number of hydrogen-bond donors (Lipinski definition) is 0. The van der Waals surface area contributed by atoms with Gasteiger partial charge < -0.3 is 0 Å². The van der Waals surface area contributed by atoms with Gasteiger partial charge in [0.2, 0.25) is 0 Å². The molecular formula is C12H22S. The molecule has 0 aromatic rings. The molecule has 1 saturated carbocycles. The molecule has 13 heavy (non-hydrogen) atoms. The number of thioether (sulfide) groups is 1. The highest BCUT2D eigenvalue weighted by Gasteiger charge is 2.42. The molecule has 5 unspecified atom stereocenters. The normalized spacial score (nSPS) is 51.5. The summed E-state index contributed by atoms with van der Waals surface area (Å²) in [5.74, 6) is 2.98. The molecule has 0 bridgehead atoms. The predicted molar refractivity (Wildman–Crippen MR) is 61.1 cm³/mol. The van der Waals surface area contributed by atoms with Crippen LogP contribution in [0.3, 0.4) is 0 Å². The first-order chi connectivity index (χ1) is 6.20. The summed E-state index contributed by atoms with van der Waals surface area (Å²) in [6.45, 7) is 7.39. The number of hydrogen-bond acceptors (Lipinski definition) is 1. The van der Waals surface area contributed by atoms with Crippen molar-refractivity contribution in [1.82, 2.24) is 0 Å². The first-order valence-corrected chi connectivity index (χ1v) is 6.80. The van der Waals surface area contributed by atoms with Crippen LogP contribution in [-0.4, -0.2) is 10.5 Å². The van der Waals surface area contributed by atoms with Crippen LogP contribution in [0.4, 0.5) is 0 Å². The molecule has 2 aliphatic rings. The molecule has 0 amide bonds. The monoisotopic (exact) mass is 198 g/mol. The summed E-state index contributed by atoms with van der Waals surface area (Å²) < 4.78 is 0. The zero-order valence-corrected chi connectivity index (χ0v) is 9.94. The molecule has 1 heteroatoms. The van der Waals surface area contributed by atoms with Gasteiger partial charge in [-0.2, -0.15) is 11.8 Å². The Kier molecular flexibility index (Phi) is 2.92. The highest BCUT2D eigenvalue weighted by atomic mass is 32.2. The fourth-order valence-corrected chi connectivity index (χ4v) is 5.27. The van der Waals surface area contributed by atoms with Crippen molar-refractivity contribution in [3.05, 3.63) is 0 Å². The maximum atomic E-state index is 2.48. The zero-order chi connectivity index (χ0) is 9.42. The van der Waals surface area contributed by atoms with Crippen LogP contribution in [0.1, 0.15) is 46.5 Å². The molecule has 0 aromatic heterocycles. The van der Waals surface area contributed by atoms with E-state index in [0.29, 0.717) is 0 Å². The van der Waals surface area contributed by atoms with Gasteiger partial charge in [-0.3, -0.25) is 0 Å². The van der Waals surface area contributed by atoms with E-state index < -0.39 is 0 Å². The molecule has 0 spiro atoms. The Balaban J connectivity index is 2.12. The summed E-state index contributed by atoms with van der Waals surface area (Å²) in [4.78, 5) is 0. The van der Waals surface area contributed by atoms with Crippen molar-refractivity contribution in [3.63, 3.8) is 0 Å². The molecule has 1 saturated heterocycles. The molecule has 2 fully saturated rings. The van der Waals surface area contributed by atoms with Crippen molar-refractivity contribution in [2.45, 2.75) is 57.0 Å². The fourth-order valence-electron chi connectivity index (χ4n) is 3.29. The summed E-state index contributed by atoms with van der Waals surface area (Å²) in [5.41, 5.74) is 0. The minimum absolute atomic E-state index is 0.913. The van der Waals surface area contributed by atoms with Gasteiger partial charge in [0, 0.05) is 10.5 Å².